The van der Waals surface area contributed by atoms with Crippen molar-refractivity contribution in [3.05, 3.63) is 22.4 Å². The minimum Gasteiger partial charge on any atom is -0.330 e. The first-order valence-corrected chi connectivity index (χ1v) is 7.08. The highest BCUT2D eigenvalue weighted by Crippen LogP contribution is 2.32. The lowest BCUT2D eigenvalue weighted by molar-refractivity contribution is 0.147. The molecule has 1 saturated carbocycles. The molecule has 2 N–H and O–H groups in total. The zero-order valence-corrected chi connectivity index (χ0v) is 11.0. The molecule has 0 aromatic carbocycles. The maximum atomic E-state index is 5.78. The van der Waals surface area contributed by atoms with Gasteiger partial charge < -0.3 is 5.73 Å². The topological polar surface area (TPSA) is 29.3 Å². The zero-order valence-electron chi connectivity index (χ0n) is 10.2. The van der Waals surface area contributed by atoms with Gasteiger partial charge in [-0.25, -0.2) is 0 Å². The van der Waals surface area contributed by atoms with Gasteiger partial charge in [0.15, 0.2) is 0 Å². The Bertz CT molecular complexity index is 306. The molecule has 0 aliphatic heterocycles. The summed E-state index contributed by atoms with van der Waals surface area (Å²) in [5.74, 6) is 0.584. The minimum absolute atomic E-state index is 0.584. The van der Waals surface area contributed by atoms with Crippen LogP contribution in [0.25, 0.3) is 0 Å². The molecule has 16 heavy (non-hydrogen) atoms. The highest BCUT2D eigenvalue weighted by Gasteiger charge is 2.33. The molecule has 2 nitrogen and oxygen atoms in total. The van der Waals surface area contributed by atoms with Crippen LogP contribution in [0.15, 0.2) is 17.5 Å². The number of hydrogen-bond donors (Lipinski definition) is 1. The molecule has 1 aliphatic rings. The lowest BCUT2D eigenvalue weighted by Gasteiger charge is -2.32. The van der Waals surface area contributed by atoms with E-state index in [0.717, 1.165) is 19.1 Å². The molecule has 1 aromatic rings. The van der Waals surface area contributed by atoms with Crippen molar-refractivity contribution in [3.63, 3.8) is 0 Å². The van der Waals surface area contributed by atoms with Crippen molar-refractivity contribution < 1.29 is 0 Å². The Labute approximate surface area is 102 Å². The summed E-state index contributed by atoms with van der Waals surface area (Å²) in [4.78, 5) is 4.12. The Morgan fingerprint density at radius 1 is 1.50 bits per heavy atom. The smallest absolute Gasteiger partial charge is 0.0333 e. The molecule has 2 atom stereocenters. The van der Waals surface area contributed by atoms with Gasteiger partial charge in [-0.1, -0.05) is 13.0 Å². The van der Waals surface area contributed by atoms with Crippen molar-refractivity contribution >= 4 is 11.3 Å². The van der Waals surface area contributed by atoms with Crippen molar-refractivity contribution in [2.24, 2.45) is 11.7 Å². The molecule has 0 radical (unpaired) electrons. The van der Waals surface area contributed by atoms with E-state index in [1.807, 2.05) is 11.3 Å². The predicted molar refractivity (Wildman–Crippen MR) is 70.6 cm³/mol. The monoisotopic (exact) mass is 238 g/mol. The second kappa shape index (κ2) is 5.30. The number of nitrogens with two attached hydrogens (primary N) is 1. The summed E-state index contributed by atoms with van der Waals surface area (Å²) in [5.41, 5.74) is 5.78. The van der Waals surface area contributed by atoms with Gasteiger partial charge in [-0.15, -0.1) is 11.3 Å². The van der Waals surface area contributed by atoms with Crippen molar-refractivity contribution in [2.45, 2.75) is 45.3 Å². The van der Waals surface area contributed by atoms with Gasteiger partial charge in [0.05, 0.1) is 0 Å². The Hall–Kier alpha value is -0.380. The van der Waals surface area contributed by atoms with Gasteiger partial charge in [0, 0.05) is 23.5 Å². The fourth-order valence-electron chi connectivity index (χ4n) is 2.12. The summed E-state index contributed by atoms with van der Waals surface area (Å²) in [5, 5.41) is 2.16. The molecular formula is C13H22N2S. The van der Waals surface area contributed by atoms with Gasteiger partial charge in [0.2, 0.25) is 0 Å². The molecule has 90 valence electrons. The van der Waals surface area contributed by atoms with Crippen LogP contribution in [0.4, 0.5) is 0 Å². The van der Waals surface area contributed by atoms with Crippen molar-refractivity contribution in [1.82, 2.24) is 4.90 Å². The molecule has 0 amide bonds. The maximum absolute atomic E-state index is 5.78. The fourth-order valence-corrected chi connectivity index (χ4v) is 2.83. The van der Waals surface area contributed by atoms with Gasteiger partial charge in [-0.05, 0) is 43.7 Å². The van der Waals surface area contributed by atoms with Crippen LogP contribution in [0, 0.1) is 5.92 Å². The average molecular weight is 238 g/mol. The normalized spacial score (nSPS) is 20.0. The van der Waals surface area contributed by atoms with Crippen molar-refractivity contribution in [2.75, 3.05) is 6.54 Å². The summed E-state index contributed by atoms with van der Waals surface area (Å²) in [6.45, 7) is 6.47. The van der Waals surface area contributed by atoms with E-state index >= 15 is 0 Å². The summed E-state index contributed by atoms with van der Waals surface area (Å²) in [6.07, 6.45) is 2.74. The third kappa shape index (κ3) is 2.84. The van der Waals surface area contributed by atoms with Crippen LogP contribution in [-0.2, 0) is 6.54 Å². The van der Waals surface area contributed by atoms with E-state index in [-0.39, 0.29) is 0 Å². The molecule has 2 rings (SSSR count). The molecule has 1 heterocycles. The SMILES string of the molecule is CC(CN)C(C)N(Cc1cccs1)C1CC1. The van der Waals surface area contributed by atoms with E-state index in [1.54, 1.807) is 0 Å². The van der Waals surface area contributed by atoms with E-state index in [4.69, 9.17) is 5.73 Å². The molecule has 0 saturated heterocycles. The zero-order chi connectivity index (χ0) is 11.5. The number of thiophene rings is 1. The minimum atomic E-state index is 0.584. The standard InChI is InChI=1S/C13H22N2S/c1-10(8-14)11(2)15(12-5-6-12)9-13-4-3-7-16-13/h3-4,7,10-12H,5-6,8-9,14H2,1-2H3. The average Bonchev–Trinajstić information content (AvgIpc) is 3.01. The van der Waals surface area contributed by atoms with Gasteiger partial charge >= 0.3 is 0 Å². The summed E-state index contributed by atoms with van der Waals surface area (Å²) in [6, 6.07) is 5.79. The number of hydrogen-bond acceptors (Lipinski definition) is 3. The van der Waals surface area contributed by atoms with Gasteiger partial charge in [-0.3, -0.25) is 4.90 Å². The molecule has 2 unspecified atom stereocenters. The van der Waals surface area contributed by atoms with Crippen molar-refractivity contribution in [1.29, 1.82) is 0 Å². The first kappa shape index (κ1) is 12.1. The molecule has 0 bridgehead atoms. The summed E-state index contributed by atoms with van der Waals surface area (Å²) >= 11 is 1.86. The first-order valence-electron chi connectivity index (χ1n) is 6.20. The second-order valence-electron chi connectivity index (χ2n) is 4.94. The Kier molecular flexibility index (Phi) is 4.00. The van der Waals surface area contributed by atoms with Crippen LogP contribution in [-0.4, -0.2) is 23.5 Å². The largest absolute Gasteiger partial charge is 0.330 e. The Morgan fingerprint density at radius 3 is 2.75 bits per heavy atom. The highest BCUT2D eigenvalue weighted by atomic mass is 32.1. The third-order valence-corrected chi connectivity index (χ3v) is 4.51. The van der Waals surface area contributed by atoms with E-state index in [2.05, 4.69) is 36.3 Å². The van der Waals surface area contributed by atoms with Crippen LogP contribution in [0.5, 0.6) is 0 Å². The van der Waals surface area contributed by atoms with Gasteiger partial charge in [-0.2, -0.15) is 0 Å². The van der Waals surface area contributed by atoms with Crippen LogP contribution in [0.3, 0.4) is 0 Å². The number of nitrogens with zero attached hydrogens (tertiary/aromatic N) is 1. The van der Waals surface area contributed by atoms with Crippen LogP contribution in [0.1, 0.15) is 31.6 Å². The number of rotatable bonds is 6. The van der Waals surface area contributed by atoms with E-state index in [9.17, 15) is 0 Å². The van der Waals surface area contributed by atoms with Crippen LogP contribution in [0.2, 0.25) is 0 Å². The molecule has 1 aliphatic carbocycles. The molecule has 1 aromatic heterocycles. The van der Waals surface area contributed by atoms with Crippen LogP contribution < -0.4 is 5.73 Å². The first-order chi connectivity index (χ1) is 7.72. The molecular weight excluding hydrogens is 216 g/mol. The maximum Gasteiger partial charge on any atom is 0.0333 e. The van der Waals surface area contributed by atoms with Crippen LogP contribution >= 0.6 is 11.3 Å². The quantitative estimate of drug-likeness (QED) is 0.825. The Balaban J connectivity index is 1.99. The molecule has 1 fully saturated rings. The molecule has 0 spiro atoms. The van der Waals surface area contributed by atoms with E-state index in [1.165, 1.54) is 17.7 Å². The lowest BCUT2D eigenvalue weighted by Crippen LogP contribution is -2.41. The third-order valence-electron chi connectivity index (χ3n) is 3.65. The lowest BCUT2D eigenvalue weighted by atomic mass is 10.0. The second-order valence-corrected chi connectivity index (χ2v) is 5.97. The van der Waals surface area contributed by atoms with Gasteiger partial charge in [0.1, 0.15) is 0 Å². The Morgan fingerprint density at radius 2 is 2.25 bits per heavy atom. The van der Waals surface area contributed by atoms with E-state index < -0.39 is 0 Å². The van der Waals surface area contributed by atoms with Gasteiger partial charge in [0.25, 0.3) is 0 Å². The summed E-state index contributed by atoms with van der Waals surface area (Å²) in [7, 11) is 0. The fraction of sp³-hybridized carbons (Fsp3) is 0.692. The van der Waals surface area contributed by atoms with Crippen molar-refractivity contribution in [3.8, 4) is 0 Å². The molecule has 3 heteroatoms. The highest BCUT2D eigenvalue weighted by molar-refractivity contribution is 7.09. The summed E-state index contributed by atoms with van der Waals surface area (Å²) < 4.78 is 0. The van der Waals surface area contributed by atoms with E-state index in [0.29, 0.717) is 12.0 Å². The predicted octanol–water partition coefficient (Wildman–Crippen LogP) is 2.70.